The van der Waals surface area contributed by atoms with E-state index in [4.69, 9.17) is 4.74 Å². The van der Waals surface area contributed by atoms with Crippen molar-refractivity contribution in [1.29, 1.82) is 0 Å². The SMILES string of the molecule is COc1ccccc1NCC(=O)N/N=C(\C=C\c1ccccc1)c1ccccc1. The average molecular weight is 385 g/mol. The Morgan fingerprint density at radius 1 is 0.931 bits per heavy atom. The van der Waals surface area contributed by atoms with E-state index in [0.29, 0.717) is 11.5 Å². The van der Waals surface area contributed by atoms with Gasteiger partial charge < -0.3 is 10.1 Å². The van der Waals surface area contributed by atoms with E-state index in [1.807, 2.05) is 97.1 Å². The second-order valence-corrected chi connectivity index (χ2v) is 6.20. The number of benzene rings is 3. The number of hydrogen-bond donors (Lipinski definition) is 2. The van der Waals surface area contributed by atoms with Crippen molar-refractivity contribution in [3.63, 3.8) is 0 Å². The van der Waals surface area contributed by atoms with Crippen molar-refractivity contribution < 1.29 is 9.53 Å². The third-order valence-electron chi connectivity index (χ3n) is 4.15. The third kappa shape index (κ3) is 6.07. The van der Waals surface area contributed by atoms with Gasteiger partial charge in [0.05, 0.1) is 25.1 Å². The molecule has 0 unspecified atom stereocenters. The molecule has 0 fully saturated rings. The molecule has 0 atom stereocenters. The van der Waals surface area contributed by atoms with Crippen LogP contribution in [0.1, 0.15) is 11.1 Å². The van der Waals surface area contributed by atoms with Gasteiger partial charge in [-0.15, -0.1) is 0 Å². The Hall–Kier alpha value is -3.86. The summed E-state index contributed by atoms with van der Waals surface area (Å²) in [5.41, 5.74) is 6.01. The van der Waals surface area contributed by atoms with E-state index in [1.165, 1.54) is 0 Å². The molecule has 0 aromatic heterocycles. The molecule has 3 aromatic rings. The van der Waals surface area contributed by atoms with Gasteiger partial charge in [0.2, 0.25) is 0 Å². The van der Waals surface area contributed by atoms with Crippen LogP contribution in [0.4, 0.5) is 5.69 Å². The van der Waals surface area contributed by atoms with Crippen molar-refractivity contribution in [1.82, 2.24) is 5.43 Å². The van der Waals surface area contributed by atoms with Gasteiger partial charge in [-0.25, -0.2) is 5.43 Å². The Kier molecular flexibility index (Phi) is 7.18. The van der Waals surface area contributed by atoms with Crippen LogP contribution in [0.3, 0.4) is 0 Å². The zero-order chi connectivity index (χ0) is 20.3. The van der Waals surface area contributed by atoms with Crippen LogP contribution < -0.4 is 15.5 Å². The van der Waals surface area contributed by atoms with Gasteiger partial charge in [0, 0.05) is 5.56 Å². The van der Waals surface area contributed by atoms with Crippen LogP contribution in [0.15, 0.2) is 96.1 Å². The van der Waals surface area contributed by atoms with Crippen molar-refractivity contribution >= 4 is 23.4 Å². The van der Waals surface area contributed by atoms with Crippen LogP contribution >= 0.6 is 0 Å². The fourth-order valence-electron chi connectivity index (χ4n) is 2.67. The molecule has 146 valence electrons. The molecule has 5 heteroatoms. The summed E-state index contributed by atoms with van der Waals surface area (Å²) in [7, 11) is 1.59. The molecular formula is C24H23N3O2. The number of hydrogen-bond acceptors (Lipinski definition) is 4. The summed E-state index contributed by atoms with van der Waals surface area (Å²) in [4.78, 5) is 12.3. The lowest BCUT2D eigenvalue weighted by Gasteiger charge is -2.10. The molecular weight excluding hydrogens is 362 g/mol. The number of anilines is 1. The highest BCUT2D eigenvalue weighted by molar-refractivity contribution is 6.11. The number of para-hydroxylation sites is 2. The van der Waals surface area contributed by atoms with Crippen LogP contribution in [-0.4, -0.2) is 25.3 Å². The second-order valence-electron chi connectivity index (χ2n) is 6.20. The maximum absolute atomic E-state index is 12.3. The molecule has 3 aromatic carbocycles. The molecule has 3 rings (SSSR count). The normalized spacial score (nSPS) is 11.3. The standard InChI is InChI=1S/C24H23N3O2/c1-29-23-15-9-8-14-22(23)25-18-24(28)27-26-21(20-12-6-3-7-13-20)17-16-19-10-4-2-5-11-19/h2-17,25H,18H2,1H3,(H,27,28)/b17-16+,26-21+. The highest BCUT2D eigenvalue weighted by atomic mass is 16.5. The lowest BCUT2D eigenvalue weighted by atomic mass is 10.1. The fraction of sp³-hybridized carbons (Fsp3) is 0.0833. The Balaban J connectivity index is 1.69. The van der Waals surface area contributed by atoms with Crippen molar-refractivity contribution in [3.8, 4) is 5.75 Å². The van der Waals surface area contributed by atoms with Crippen molar-refractivity contribution in [2.75, 3.05) is 19.0 Å². The molecule has 0 heterocycles. The molecule has 2 N–H and O–H groups in total. The van der Waals surface area contributed by atoms with Crippen molar-refractivity contribution in [3.05, 3.63) is 102 Å². The van der Waals surface area contributed by atoms with Crippen LogP contribution in [0.5, 0.6) is 5.75 Å². The summed E-state index contributed by atoms with van der Waals surface area (Å²) in [6.07, 6.45) is 3.85. The first-order valence-electron chi connectivity index (χ1n) is 9.28. The predicted molar refractivity (Wildman–Crippen MR) is 118 cm³/mol. The maximum Gasteiger partial charge on any atom is 0.259 e. The monoisotopic (exact) mass is 385 g/mol. The number of nitrogens with zero attached hydrogens (tertiary/aromatic N) is 1. The molecule has 0 saturated carbocycles. The zero-order valence-corrected chi connectivity index (χ0v) is 16.2. The number of nitrogens with one attached hydrogen (secondary N) is 2. The summed E-state index contributed by atoms with van der Waals surface area (Å²) < 4.78 is 5.28. The largest absolute Gasteiger partial charge is 0.495 e. The number of ether oxygens (including phenoxy) is 1. The van der Waals surface area contributed by atoms with Gasteiger partial charge in [-0.1, -0.05) is 78.9 Å². The van der Waals surface area contributed by atoms with Crippen molar-refractivity contribution in [2.24, 2.45) is 5.10 Å². The summed E-state index contributed by atoms with van der Waals surface area (Å²) in [5, 5.41) is 7.38. The molecule has 0 bridgehead atoms. The molecule has 5 nitrogen and oxygen atoms in total. The first-order valence-corrected chi connectivity index (χ1v) is 9.28. The van der Waals surface area contributed by atoms with E-state index in [2.05, 4.69) is 15.8 Å². The van der Waals surface area contributed by atoms with Gasteiger partial charge in [-0.05, 0) is 23.8 Å². The first kappa shape index (κ1) is 19.9. The lowest BCUT2D eigenvalue weighted by molar-refractivity contribution is -0.119. The fourth-order valence-corrected chi connectivity index (χ4v) is 2.67. The van der Waals surface area contributed by atoms with Crippen LogP contribution in [0, 0.1) is 0 Å². The number of amides is 1. The van der Waals surface area contributed by atoms with E-state index in [-0.39, 0.29) is 12.5 Å². The zero-order valence-electron chi connectivity index (χ0n) is 16.2. The Labute approximate surface area is 170 Å². The summed E-state index contributed by atoms with van der Waals surface area (Å²) in [6.45, 7) is 0.0777. The van der Waals surface area contributed by atoms with Gasteiger partial charge >= 0.3 is 0 Å². The average Bonchev–Trinajstić information content (AvgIpc) is 2.79. The number of allylic oxidation sites excluding steroid dienone is 1. The van der Waals surface area contributed by atoms with Gasteiger partial charge in [-0.3, -0.25) is 4.79 Å². The van der Waals surface area contributed by atoms with Gasteiger partial charge in [0.1, 0.15) is 5.75 Å². The summed E-state index contributed by atoms with van der Waals surface area (Å²) in [6, 6.07) is 27.1. The highest BCUT2D eigenvalue weighted by Gasteiger charge is 2.05. The van der Waals surface area contributed by atoms with Crippen LogP contribution in [0.2, 0.25) is 0 Å². The number of hydrazone groups is 1. The van der Waals surface area contributed by atoms with E-state index in [9.17, 15) is 4.79 Å². The molecule has 0 spiro atoms. The molecule has 0 aliphatic heterocycles. The molecule has 0 radical (unpaired) electrons. The Morgan fingerprint density at radius 2 is 1.59 bits per heavy atom. The Bertz CT molecular complexity index is 983. The minimum absolute atomic E-state index is 0.0777. The molecule has 29 heavy (non-hydrogen) atoms. The van der Waals surface area contributed by atoms with E-state index in [1.54, 1.807) is 7.11 Å². The third-order valence-corrected chi connectivity index (χ3v) is 4.15. The summed E-state index contributed by atoms with van der Waals surface area (Å²) in [5.74, 6) is 0.428. The predicted octanol–water partition coefficient (Wildman–Crippen LogP) is 4.34. The smallest absolute Gasteiger partial charge is 0.259 e. The number of carbonyl (C=O) groups is 1. The second kappa shape index (κ2) is 10.5. The first-order chi connectivity index (χ1) is 14.3. The minimum Gasteiger partial charge on any atom is -0.495 e. The van der Waals surface area contributed by atoms with E-state index >= 15 is 0 Å². The minimum atomic E-state index is -0.252. The quantitative estimate of drug-likeness (QED) is 0.448. The van der Waals surface area contributed by atoms with Crippen LogP contribution in [-0.2, 0) is 4.79 Å². The molecule has 1 amide bonds. The van der Waals surface area contributed by atoms with Gasteiger partial charge in [0.25, 0.3) is 5.91 Å². The molecule has 0 aliphatic carbocycles. The van der Waals surface area contributed by atoms with Crippen molar-refractivity contribution in [2.45, 2.75) is 0 Å². The number of carbonyl (C=O) groups excluding carboxylic acids is 1. The number of rotatable bonds is 8. The summed E-state index contributed by atoms with van der Waals surface area (Å²) >= 11 is 0. The highest BCUT2D eigenvalue weighted by Crippen LogP contribution is 2.22. The topological polar surface area (TPSA) is 62.7 Å². The molecule has 0 saturated heterocycles. The van der Waals surface area contributed by atoms with Crippen LogP contribution in [0.25, 0.3) is 6.08 Å². The Morgan fingerprint density at radius 3 is 2.31 bits per heavy atom. The van der Waals surface area contributed by atoms with E-state index in [0.717, 1.165) is 16.8 Å². The molecule has 0 aliphatic rings. The maximum atomic E-state index is 12.3. The van der Waals surface area contributed by atoms with Gasteiger partial charge in [-0.2, -0.15) is 5.10 Å². The number of methoxy groups -OCH3 is 1. The lowest BCUT2D eigenvalue weighted by Crippen LogP contribution is -2.27. The van der Waals surface area contributed by atoms with Gasteiger partial charge in [0.15, 0.2) is 0 Å². The van der Waals surface area contributed by atoms with E-state index < -0.39 is 0 Å².